The first-order valence-corrected chi connectivity index (χ1v) is 11.5. The molecule has 0 bridgehead atoms. The summed E-state index contributed by atoms with van der Waals surface area (Å²) in [4.78, 5) is 21.7. The minimum absolute atomic E-state index is 0.0622. The zero-order chi connectivity index (χ0) is 21.0. The number of fused-ring (bicyclic) bond motifs is 1. The predicted molar refractivity (Wildman–Crippen MR) is 110 cm³/mol. The Morgan fingerprint density at radius 3 is 2.47 bits per heavy atom. The number of hydrogen-bond donors (Lipinski definition) is 1. The van der Waals surface area contributed by atoms with Crippen LogP contribution in [-0.2, 0) is 24.1 Å². The number of nitrogens with one attached hydrogen (secondary N) is 1. The second-order valence-corrected chi connectivity index (χ2v) is 9.96. The lowest BCUT2D eigenvalue weighted by atomic mass is 10.1. The van der Waals surface area contributed by atoms with Gasteiger partial charge in [-0.25, -0.2) is 18.2 Å². The van der Waals surface area contributed by atoms with Gasteiger partial charge in [-0.05, 0) is 25.7 Å². The zero-order valence-corrected chi connectivity index (χ0v) is 17.7. The maximum absolute atomic E-state index is 12.7. The SMILES string of the molecule is Cn1cc(S(=O)(=O)N2CCC(Nc3ncc4c(n3)n(C3CC3)c(=O)n4C)CC2)cn1. The average Bonchev–Trinajstić information content (AvgIpc) is 3.40. The smallest absolute Gasteiger partial charge is 0.330 e. The van der Waals surface area contributed by atoms with E-state index in [1.807, 2.05) is 0 Å². The van der Waals surface area contributed by atoms with E-state index < -0.39 is 10.0 Å². The Morgan fingerprint density at radius 2 is 1.83 bits per heavy atom. The van der Waals surface area contributed by atoms with Gasteiger partial charge in [0.2, 0.25) is 16.0 Å². The summed E-state index contributed by atoms with van der Waals surface area (Å²) in [6.07, 6.45) is 7.85. The largest absolute Gasteiger partial charge is 0.351 e. The summed E-state index contributed by atoms with van der Waals surface area (Å²) < 4.78 is 31.8. The van der Waals surface area contributed by atoms with Crippen LogP contribution >= 0.6 is 0 Å². The van der Waals surface area contributed by atoms with Gasteiger partial charge in [-0.3, -0.25) is 13.8 Å². The highest BCUT2D eigenvalue weighted by atomic mass is 32.2. The van der Waals surface area contributed by atoms with Gasteiger partial charge >= 0.3 is 5.69 Å². The first kappa shape index (κ1) is 19.2. The third-order valence-corrected chi connectivity index (χ3v) is 7.70. The van der Waals surface area contributed by atoms with E-state index in [4.69, 9.17) is 0 Å². The van der Waals surface area contributed by atoms with Crippen LogP contribution in [-0.4, -0.2) is 60.7 Å². The Labute approximate surface area is 173 Å². The molecule has 0 aromatic carbocycles. The molecule has 0 amide bonds. The fourth-order valence-corrected chi connectivity index (χ4v) is 5.43. The summed E-state index contributed by atoms with van der Waals surface area (Å²) in [6.45, 7) is 0.824. The van der Waals surface area contributed by atoms with Gasteiger partial charge in [0, 0.05) is 45.5 Å². The number of hydrogen-bond acceptors (Lipinski definition) is 7. The van der Waals surface area contributed by atoms with Gasteiger partial charge in [0.25, 0.3) is 0 Å². The maximum atomic E-state index is 12.7. The summed E-state index contributed by atoms with van der Waals surface area (Å²) in [5, 5.41) is 7.28. The molecule has 4 heterocycles. The summed E-state index contributed by atoms with van der Waals surface area (Å²) in [6, 6.07) is 0.289. The zero-order valence-electron chi connectivity index (χ0n) is 16.9. The minimum atomic E-state index is -3.53. The molecule has 0 spiro atoms. The molecule has 2 aliphatic rings. The van der Waals surface area contributed by atoms with Crippen LogP contribution in [0.1, 0.15) is 31.7 Å². The highest BCUT2D eigenvalue weighted by Crippen LogP contribution is 2.35. The van der Waals surface area contributed by atoms with Gasteiger partial charge in [-0.1, -0.05) is 0 Å². The number of sulfonamides is 1. The van der Waals surface area contributed by atoms with Crippen molar-refractivity contribution in [3.8, 4) is 0 Å². The van der Waals surface area contributed by atoms with Gasteiger partial charge in [0.1, 0.15) is 10.4 Å². The quantitative estimate of drug-likeness (QED) is 0.622. The summed E-state index contributed by atoms with van der Waals surface area (Å²) in [7, 11) is -0.0959. The summed E-state index contributed by atoms with van der Waals surface area (Å²) in [5.74, 6) is 0.469. The van der Waals surface area contributed by atoms with Gasteiger partial charge in [0.05, 0.1) is 12.4 Å². The lowest BCUT2D eigenvalue weighted by molar-refractivity contribution is 0.329. The molecular formula is C18H24N8O3S. The third-order valence-electron chi connectivity index (χ3n) is 5.85. The van der Waals surface area contributed by atoms with Crippen molar-refractivity contribution >= 4 is 27.1 Å². The predicted octanol–water partition coefficient (Wildman–Crippen LogP) is 0.464. The molecule has 1 aliphatic carbocycles. The molecule has 0 radical (unpaired) electrons. The fourth-order valence-electron chi connectivity index (χ4n) is 3.97. The molecule has 3 aromatic rings. The normalized spacial score (nSPS) is 18.9. The number of imidazole rings is 1. The van der Waals surface area contributed by atoms with Crippen LogP contribution in [0, 0.1) is 0 Å². The number of rotatable bonds is 5. The Bertz CT molecular complexity index is 1260. The van der Waals surface area contributed by atoms with Crippen LogP contribution in [0.5, 0.6) is 0 Å². The van der Waals surface area contributed by atoms with Crippen LogP contribution in [0.4, 0.5) is 5.95 Å². The monoisotopic (exact) mass is 432 g/mol. The van der Waals surface area contributed by atoms with Crippen molar-refractivity contribution in [1.82, 2.24) is 33.2 Å². The molecular weight excluding hydrogens is 408 g/mol. The molecule has 1 N–H and O–H groups in total. The van der Waals surface area contributed by atoms with E-state index >= 15 is 0 Å². The highest BCUT2D eigenvalue weighted by Gasteiger charge is 2.31. The number of aryl methyl sites for hydroxylation is 2. The molecule has 1 aliphatic heterocycles. The number of piperidine rings is 1. The van der Waals surface area contributed by atoms with Crippen LogP contribution in [0.15, 0.2) is 28.3 Å². The maximum Gasteiger partial charge on any atom is 0.330 e. The van der Waals surface area contributed by atoms with Crippen LogP contribution < -0.4 is 11.0 Å². The molecule has 2 fully saturated rings. The molecule has 0 unspecified atom stereocenters. The van der Waals surface area contributed by atoms with Gasteiger partial charge < -0.3 is 5.32 Å². The van der Waals surface area contributed by atoms with Gasteiger partial charge in [-0.15, -0.1) is 0 Å². The second-order valence-electron chi connectivity index (χ2n) is 8.02. The van der Waals surface area contributed by atoms with Gasteiger partial charge in [-0.2, -0.15) is 14.4 Å². The lowest BCUT2D eigenvalue weighted by Crippen LogP contribution is -2.42. The minimum Gasteiger partial charge on any atom is -0.351 e. The van der Waals surface area contributed by atoms with E-state index in [-0.39, 0.29) is 22.7 Å². The van der Waals surface area contributed by atoms with Crippen LogP contribution in [0.25, 0.3) is 11.2 Å². The van der Waals surface area contributed by atoms with E-state index in [0.29, 0.717) is 37.5 Å². The Balaban J connectivity index is 1.30. The molecule has 5 rings (SSSR count). The highest BCUT2D eigenvalue weighted by molar-refractivity contribution is 7.89. The summed E-state index contributed by atoms with van der Waals surface area (Å²) >= 11 is 0. The Morgan fingerprint density at radius 1 is 1.10 bits per heavy atom. The van der Waals surface area contributed by atoms with E-state index in [9.17, 15) is 13.2 Å². The van der Waals surface area contributed by atoms with Crippen LogP contribution in [0.2, 0.25) is 0 Å². The number of nitrogens with zero attached hydrogens (tertiary/aromatic N) is 7. The van der Waals surface area contributed by atoms with Crippen molar-refractivity contribution in [3.63, 3.8) is 0 Å². The molecule has 12 heteroatoms. The molecule has 11 nitrogen and oxygen atoms in total. The summed E-state index contributed by atoms with van der Waals surface area (Å²) in [5.41, 5.74) is 1.31. The first-order chi connectivity index (χ1) is 14.3. The van der Waals surface area contributed by atoms with Crippen molar-refractivity contribution in [1.29, 1.82) is 0 Å². The van der Waals surface area contributed by atoms with E-state index in [2.05, 4.69) is 20.4 Å². The van der Waals surface area contributed by atoms with Crippen molar-refractivity contribution in [3.05, 3.63) is 29.1 Å². The van der Waals surface area contributed by atoms with Gasteiger partial charge in [0.15, 0.2) is 5.65 Å². The standard InChI is InChI=1S/C18H24N8O3S/c1-23-11-14(9-20-23)30(28,29)25-7-5-12(6-8-25)21-17-19-10-15-16(22-17)26(13-3-4-13)18(27)24(15)2/h9-13H,3-8H2,1-2H3,(H,19,21,22). The Kier molecular flexibility index (Phi) is 4.43. The fraction of sp³-hybridized carbons (Fsp3) is 0.556. The molecule has 160 valence electrons. The Hall–Kier alpha value is -2.73. The average molecular weight is 433 g/mol. The number of aromatic nitrogens is 6. The molecule has 1 saturated heterocycles. The van der Waals surface area contributed by atoms with Crippen molar-refractivity contribution < 1.29 is 8.42 Å². The number of anilines is 1. The van der Waals surface area contributed by atoms with E-state index in [0.717, 1.165) is 18.4 Å². The van der Waals surface area contributed by atoms with Crippen LogP contribution in [0.3, 0.4) is 0 Å². The van der Waals surface area contributed by atoms with E-state index in [1.54, 1.807) is 29.4 Å². The van der Waals surface area contributed by atoms with Crippen molar-refractivity contribution in [2.24, 2.45) is 14.1 Å². The molecule has 3 aromatic heterocycles. The lowest BCUT2D eigenvalue weighted by Gasteiger charge is -2.31. The topological polar surface area (TPSA) is 120 Å². The molecule has 0 atom stereocenters. The van der Waals surface area contributed by atoms with Crippen molar-refractivity contribution in [2.75, 3.05) is 18.4 Å². The van der Waals surface area contributed by atoms with E-state index in [1.165, 1.54) is 21.4 Å². The van der Waals surface area contributed by atoms with Crippen molar-refractivity contribution in [2.45, 2.75) is 42.7 Å². The second kappa shape index (κ2) is 6.91. The molecule has 30 heavy (non-hydrogen) atoms. The molecule has 1 saturated carbocycles. The third kappa shape index (κ3) is 3.19. The first-order valence-electron chi connectivity index (χ1n) is 10.0.